The molecule has 3 rings (SSSR count). The molecule has 0 spiro atoms. The Morgan fingerprint density at radius 3 is 2.77 bits per heavy atom. The number of hydrogen-bond donors (Lipinski definition) is 2. The number of carbonyl (C=O) groups excluding carboxylic acids is 2. The molecular weight excluding hydrogens is 457 g/mol. The third kappa shape index (κ3) is 5.34. The van der Waals surface area contributed by atoms with E-state index in [2.05, 4.69) is 16.7 Å². The third-order valence-corrected chi connectivity index (χ3v) is 6.55. The molecule has 1 atom stereocenters. The average molecular weight is 476 g/mol. The predicted octanol–water partition coefficient (Wildman–Crippen LogP) is 5.02. The Balaban J connectivity index is 1.79. The van der Waals surface area contributed by atoms with Crippen LogP contribution in [0.1, 0.15) is 23.5 Å². The van der Waals surface area contributed by atoms with Crippen LogP contribution in [-0.4, -0.2) is 24.7 Å². The van der Waals surface area contributed by atoms with Crippen LogP contribution in [0.4, 0.5) is 5.69 Å². The Hall–Kier alpha value is -2.66. The molecule has 2 aromatic rings. The van der Waals surface area contributed by atoms with E-state index in [1.165, 1.54) is 7.11 Å². The molecule has 0 saturated heterocycles. The van der Waals surface area contributed by atoms with Crippen molar-refractivity contribution in [2.45, 2.75) is 19.3 Å². The smallest absolute Gasteiger partial charge is 0.234 e. The van der Waals surface area contributed by atoms with Gasteiger partial charge in [-0.15, -0.1) is 0 Å². The zero-order valence-corrected chi connectivity index (χ0v) is 19.1. The normalized spacial score (nSPS) is 15.8. The van der Waals surface area contributed by atoms with Gasteiger partial charge in [-0.1, -0.05) is 47.1 Å². The number of anilines is 1. The molecule has 1 aliphatic heterocycles. The van der Waals surface area contributed by atoms with Crippen LogP contribution in [0.5, 0.6) is 5.75 Å². The molecular formula is C22H19Cl2N3O3S. The summed E-state index contributed by atoms with van der Waals surface area (Å²) in [4.78, 5) is 24.7. The van der Waals surface area contributed by atoms with Gasteiger partial charge in [0, 0.05) is 23.0 Å². The Bertz CT molecular complexity index is 1110. The van der Waals surface area contributed by atoms with Crippen LogP contribution < -0.4 is 15.4 Å². The summed E-state index contributed by atoms with van der Waals surface area (Å²) in [5.74, 6) is -0.435. The molecule has 0 bridgehead atoms. The van der Waals surface area contributed by atoms with E-state index in [1.807, 2.05) is 6.92 Å². The van der Waals surface area contributed by atoms with E-state index in [4.69, 9.17) is 27.9 Å². The second-order valence-electron chi connectivity index (χ2n) is 6.80. The molecule has 2 N–H and O–H groups in total. The minimum Gasteiger partial charge on any atom is -0.495 e. The number of carbonyl (C=O) groups is 2. The second kappa shape index (κ2) is 10.1. The van der Waals surface area contributed by atoms with Crippen molar-refractivity contribution in [3.8, 4) is 11.8 Å². The highest BCUT2D eigenvalue weighted by atomic mass is 35.5. The van der Waals surface area contributed by atoms with Crippen molar-refractivity contribution in [2.75, 3.05) is 18.2 Å². The van der Waals surface area contributed by atoms with E-state index in [-0.39, 0.29) is 24.0 Å². The fourth-order valence-electron chi connectivity index (χ4n) is 3.18. The Morgan fingerprint density at radius 1 is 1.32 bits per heavy atom. The Morgan fingerprint density at radius 2 is 2.10 bits per heavy atom. The molecule has 1 heterocycles. The molecule has 1 aliphatic rings. The number of rotatable bonds is 6. The lowest BCUT2D eigenvalue weighted by molar-refractivity contribution is -0.121. The van der Waals surface area contributed by atoms with Crippen molar-refractivity contribution in [1.82, 2.24) is 5.32 Å². The Kier molecular flexibility index (Phi) is 7.50. The minimum absolute atomic E-state index is 0.0167. The number of hydrogen-bond acceptors (Lipinski definition) is 5. The van der Waals surface area contributed by atoms with Crippen molar-refractivity contribution in [3.63, 3.8) is 0 Å². The summed E-state index contributed by atoms with van der Waals surface area (Å²) >= 11 is 13.4. The summed E-state index contributed by atoms with van der Waals surface area (Å²) in [6, 6.07) is 12.6. The van der Waals surface area contributed by atoms with Gasteiger partial charge in [0.2, 0.25) is 11.8 Å². The molecule has 0 fully saturated rings. The molecule has 2 amide bonds. The van der Waals surface area contributed by atoms with Gasteiger partial charge in [0.15, 0.2) is 0 Å². The molecule has 0 aromatic heterocycles. The topological polar surface area (TPSA) is 91.2 Å². The number of nitrogens with zero attached hydrogens (tertiary/aromatic N) is 1. The summed E-state index contributed by atoms with van der Waals surface area (Å²) < 4.78 is 5.17. The number of ether oxygens (including phenoxy) is 1. The number of nitrogens with one attached hydrogen (secondary N) is 2. The summed E-state index contributed by atoms with van der Waals surface area (Å²) in [6.45, 7) is 1.81. The number of halogens is 2. The molecule has 9 heteroatoms. The van der Waals surface area contributed by atoms with Gasteiger partial charge in [-0.3, -0.25) is 9.59 Å². The standard InChI is InChI=1S/C22H19Cl2N3O3S/c1-12-16(23)4-3-5-18(12)26-21(29)11-31-22-15(10-25)14(9-20(28)27-22)13-6-7-19(30-2)17(24)8-13/h3-8,14H,9,11H2,1-2H3,(H,26,29)(H,27,28)/t14-/m0/s1. The van der Waals surface area contributed by atoms with Crippen LogP contribution in [0.2, 0.25) is 10.0 Å². The van der Waals surface area contributed by atoms with Gasteiger partial charge in [0.25, 0.3) is 0 Å². The van der Waals surface area contributed by atoms with E-state index >= 15 is 0 Å². The number of nitriles is 1. The van der Waals surface area contributed by atoms with E-state index in [0.717, 1.165) is 22.9 Å². The fraction of sp³-hybridized carbons (Fsp3) is 0.227. The summed E-state index contributed by atoms with van der Waals surface area (Å²) in [6.07, 6.45) is 0.115. The molecule has 2 aromatic carbocycles. The predicted molar refractivity (Wildman–Crippen MR) is 123 cm³/mol. The summed E-state index contributed by atoms with van der Waals surface area (Å²) in [7, 11) is 1.51. The van der Waals surface area contributed by atoms with Crippen LogP contribution in [0.3, 0.4) is 0 Å². The van der Waals surface area contributed by atoms with E-state index in [1.54, 1.807) is 36.4 Å². The number of benzene rings is 2. The fourth-order valence-corrected chi connectivity index (χ4v) is 4.50. The summed E-state index contributed by atoms with van der Waals surface area (Å²) in [5.41, 5.74) is 2.50. The van der Waals surface area contributed by atoms with Crippen molar-refractivity contribution in [3.05, 3.63) is 68.2 Å². The van der Waals surface area contributed by atoms with Gasteiger partial charge in [-0.2, -0.15) is 5.26 Å². The highest BCUT2D eigenvalue weighted by Crippen LogP contribution is 2.38. The minimum atomic E-state index is -0.456. The molecule has 0 saturated carbocycles. The average Bonchev–Trinajstić information content (AvgIpc) is 2.75. The van der Waals surface area contributed by atoms with E-state index in [9.17, 15) is 14.9 Å². The van der Waals surface area contributed by atoms with Crippen LogP contribution in [0.25, 0.3) is 0 Å². The lowest BCUT2D eigenvalue weighted by Crippen LogP contribution is -2.31. The van der Waals surface area contributed by atoms with Gasteiger partial charge >= 0.3 is 0 Å². The van der Waals surface area contributed by atoms with Crippen molar-refractivity contribution in [2.24, 2.45) is 0 Å². The van der Waals surface area contributed by atoms with E-state index < -0.39 is 5.92 Å². The van der Waals surface area contributed by atoms with Crippen molar-refractivity contribution >= 4 is 52.5 Å². The first kappa shape index (κ1) is 23.0. The number of amides is 2. The number of methoxy groups -OCH3 is 1. The largest absolute Gasteiger partial charge is 0.495 e. The van der Waals surface area contributed by atoms with Gasteiger partial charge < -0.3 is 15.4 Å². The highest BCUT2D eigenvalue weighted by Gasteiger charge is 2.30. The molecule has 160 valence electrons. The van der Waals surface area contributed by atoms with Gasteiger partial charge in [0.1, 0.15) is 5.75 Å². The molecule has 0 radical (unpaired) electrons. The highest BCUT2D eigenvalue weighted by molar-refractivity contribution is 8.03. The van der Waals surface area contributed by atoms with Gasteiger partial charge in [-0.05, 0) is 42.3 Å². The quantitative estimate of drug-likeness (QED) is 0.611. The zero-order valence-electron chi connectivity index (χ0n) is 16.8. The molecule has 0 aliphatic carbocycles. The van der Waals surface area contributed by atoms with E-state index in [0.29, 0.717) is 32.1 Å². The first-order chi connectivity index (χ1) is 14.8. The first-order valence-corrected chi connectivity index (χ1v) is 11.0. The lowest BCUT2D eigenvalue weighted by atomic mass is 9.87. The van der Waals surface area contributed by atoms with Crippen LogP contribution in [0.15, 0.2) is 47.0 Å². The third-order valence-electron chi connectivity index (χ3n) is 4.82. The van der Waals surface area contributed by atoms with Crippen LogP contribution >= 0.6 is 35.0 Å². The molecule has 0 unspecified atom stereocenters. The van der Waals surface area contributed by atoms with Crippen molar-refractivity contribution < 1.29 is 14.3 Å². The molecule has 6 nitrogen and oxygen atoms in total. The Labute approximate surface area is 194 Å². The summed E-state index contributed by atoms with van der Waals surface area (Å²) in [5, 5.41) is 16.6. The SMILES string of the molecule is COc1ccc([C@@H]2CC(=O)NC(SCC(=O)Nc3cccc(Cl)c3C)=C2C#N)cc1Cl. The maximum atomic E-state index is 12.4. The zero-order chi connectivity index (χ0) is 22.5. The monoisotopic (exact) mass is 475 g/mol. The second-order valence-corrected chi connectivity index (χ2v) is 8.60. The van der Waals surface area contributed by atoms with Crippen molar-refractivity contribution in [1.29, 1.82) is 5.26 Å². The lowest BCUT2D eigenvalue weighted by Gasteiger charge is -2.25. The molecule has 31 heavy (non-hydrogen) atoms. The van der Waals surface area contributed by atoms with Crippen LogP contribution in [-0.2, 0) is 9.59 Å². The maximum absolute atomic E-state index is 12.4. The number of thioether (sulfide) groups is 1. The van der Waals surface area contributed by atoms with Gasteiger partial charge in [0.05, 0.1) is 34.6 Å². The maximum Gasteiger partial charge on any atom is 0.234 e. The van der Waals surface area contributed by atoms with Crippen LogP contribution in [0, 0.1) is 18.3 Å². The number of allylic oxidation sites excluding steroid dienone is 1. The van der Waals surface area contributed by atoms with Gasteiger partial charge in [-0.25, -0.2) is 0 Å². The first-order valence-electron chi connectivity index (χ1n) is 9.29.